The predicted octanol–water partition coefficient (Wildman–Crippen LogP) is 17.1. The molecule has 454 valence electrons. The Morgan fingerprint density at radius 3 is 0.929 bits per heavy atom. The molecule has 3 fully saturated rings. The number of nitrogens with zero attached hydrogens (tertiary/aromatic N) is 5. The molecule has 0 atom stereocenters. The van der Waals surface area contributed by atoms with Crippen molar-refractivity contribution in [1.82, 2.24) is 30.2 Å². The van der Waals surface area contributed by atoms with Gasteiger partial charge in [-0.2, -0.15) is 5.26 Å². The highest BCUT2D eigenvalue weighted by atomic mass is 79.9. The van der Waals surface area contributed by atoms with E-state index in [-0.39, 0.29) is 29.2 Å². The van der Waals surface area contributed by atoms with E-state index >= 15 is 0 Å². The Morgan fingerprint density at radius 1 is 0.464 bits per heavy atom. The third-order valence-corrected chi connectivity index (χ3v) is 15.9. The number of aliphatic hydroxyl groups is 1. The van der Waals surface area contributed by atoms with Crippen LogP contribution in [0.2, 0.25) is 0 Å². The fraction of sp³-hybridized carbons (Fsp3) is 0.391. The highest BCUT2D eigenvalue weighted by Gasteiger charge is 2.31. The third kappa shape index (κ3) is 26.9. The number of nitrogens with one attached hydrogen (secondary N) is 2. The summed E-state index contributed by atoms with van der Waals surface area (Å²) in [6, 6.07) is 52.0. The van der Waals surface area contributed by atoms with Crippen LogP contribution in [0.1, 0.15) is 100 Å². The molecule has 2 amide bonds. The van der Waals surface area contributed by atoms with E-state index in [0.29, 0.717) is 19.1 Å². The summed E-state index contributed by atoms with van der Waals surface area (Å²) in [5.74, 6) is 0. The molecule has 0 spiro atoms. The fourth-order valence-electron chi connectivity index (χ4n) is 8.89. The number of aliphatic hydroxyl groups excluding tert-OH is 1. The van der Waals surface area contributed by atoms with Gasteiger partial charge in [0, 0.05) is 112 Å². The molecule has 84 heavy (non-hydrogen) atoms. The van der Waals surface area contributed by atoms with E-state index in [1.165, 1.54) is 29.2 Å². The molecule has 6 aromatic rings. The van der Waals surface area contributed by atoms with Gasteiger partial charge in [0.2, 0.25) is 0 Å². The second-order valence-electron chi connectivity index (χ2n) is 21.3. The van der Waals surface area contributed by atoms with Crippen molar-refractivity contribution in [2.75, 3.05) is 83.9 Å². The number of rotatable bonds is 8. The van der Waals surface area contributed by atoms with Gasteiger partial charge in [0.15, 0.2) is 0 Å². The topological polar surface area (TPSA) is 134 Å². The first kappa shape index (κ1) is 73.1. The van der Waals surface area contributed by atoms with Crippen molar-refractivity contribution in [3.05, 3.63) is 206 Å². The molecule has 0 radical (unpaired) electrons. The Bertz CT molecular complexity index is 2740. The lowest BCUT2D eigenvalue weighted by Gasteiger charge is -2.40. The summed E-state index contributed by atoms with van der Waals surface area (Å²) in [6.45, 7) is 23.2. The number of hydrogen-bond acceptors (Lipinski definition) is 10. The van der Waals surface area contributed by atoms with Crippen LogP contribution in [-0.2, 0) is 9.47 Å². The highest BCUT2D eigenvalue weighted by molar-refractivity contribution is 9.11. The SMILES string of the molecule is Brc1ccc(C(c2ccc(Br)cc2)N2CCNCC2)cc1.CC#N.CC(C)(C)OC(=O)N1CCN(C(c2ccc(Br)cc2)c2ccc(Br)cc2)CC1.CC(C)(C)OC(=O)N1CCNCC1.ClCCl.OC(c1ccc(Br)cc1)c1ccc(Br)cc1. The average molecular weight is 1570 g/mol. The summed E-state index contributed by atoms with van der Waals surface area (Å²) in [7, 11) is 0. The van der Waals surface area contributed by atoms with Crippen LogP contribution >= 0.6 is 119 Å². The maximum atomic E-state index is 12.4. The summed E-state index contributed by atoms with van der Waals surface area (Å²) in [4.78, 5) is 32.4. The van der Waals surface area contributed by atoms with Crippen LogP contribution in [0.25, 0.3) is 0 Å². The maximum Gasteiger partial charge on any atom is 0.410 e. The zero-order valence-electron chi connectivity index (χ0n) is 48.6. The third-order valence-electron chi connectivity index (χ3n) is 12.7. The minimum Gasteiger partial charge on any atom is -0.444 e. The molecule has 20 heteroatoms. The van der Waals surface area contributed by atoms with Crippen molar-refractivity contribution >= 4 is 131 Å². The van der Waals surface area contributed by atoms with Gasteiger partial charge in [-0.25, -0.2) is 9.59 Å². The molecule has 0 unspecified atom stereocenters. The molecule has 3 aliphatic heterocycles. The Kier molecular flexibility index (Phi) is 33.2. The molecule has 3 heterocycles. The number of piperazine rings is 3. The molecule has 0 aliphatic carbocycles. The van der Waals surface area contributed by atoms with Crippen LogP contribution in [0.4, 0.5) is 9.59 Å². The van der Waals surface area contributed by atoms with Crippen LogP contribution in [-0.4, -0.2) is 132 Å². The highest BCUT2D eigenvalue weighted by Crippen LogP contribution is 2.33. The molecule has 3 N–H and O–H groups in total. The average Bonchev–Trinajstić information content (AvgIpc) is 3.05. The van der Waals surface area contributed by atoms with Crippen LogP contribution in [0.15, 0.2) is 172 Å². The number of halogens is 8. The first-order valence-electron chi connectivity index (χ1n) is 27.4. The summed E-state index contributed by atoms with van der Waals surface area (Å²) < 4.78 is 17.2. The lowest BCUT2D eigenvalue weighted by Crippen LogP contribution is -2.51. The lowest BCUT2D eigenvalue weighted by atomic mass is 9.96. The van der Waals surface area contributed by atoms with Crippen molar-refractivity contribution in [2.24, 2.45) is 0 Å². The van der Waals surface area contributed by atoms with E-state index in [1.807, 2.05) is 95.0 Å². The smallest absolute Gasteiger partial charge is 0.410 e. The number of ether oxygens (including phenoxy) is 2. The van der Waals surface area contributed by atoms with E-state index in [0.717, 1.165) is 103 Å². The number of benzene rings is 6. The van der Waals surface area contributed by atoms with Gasteiger partial charge >= 0.3 is 12.2 Å². The molecule has 6 aromatic carbocycles. The van der Waals surface area contributed by atoms with Crippen LogP contribution in [0, 0.1) is 11.3 Å². The minimum atomic E-state index is -0.568. The van der Waals surface area contributed by atoms with Gasteiger partial charge in [0.05, 0.1) is 23.5 Å². The van der Waals surface area contributed by atoms with Gasteiger partial charge in [-0.05, 0) is 148 Å². The summed E-state index contributed by atoms with van der Waals surface area (Å²) >= 11 is 30.4. The maximum absolute atomic E-state index is 12.4. The standard InChI is InChI=1S/C22H26Br2N2O2.C17H18Br2N2.C13H10Br2O.C9H18N2O2.C2H3N.CH2Cl2/c1-22(2,3)28-21(27)26-14-12-25(13-15-26)20(16-4-8-18(23)9-5-16)17-6-10-19(24)11-7-17;18-15-5-1-13(2-6-15)17(21-11-9-20-10-12-21)14-3-7-16(19)8-4-14;14-11-5-1-9(2-6-11)13(16)10-3-7-12(15)8-4-10;1-9(2,3)13-8(12)11-6-4-10-5-7-11;1-2-3;2-1-3/h4-11,20H,12-15H2,1-3H3;1-8,17,20H,9-12H2;1-8,13,16H;10H,4-7H2,1-3H3;1H3;1H2. The summed E-state index contributed by atoms with van der Waals surface area (Å²) in [5, 5.41) is 24.3. The van der Waals surface area contributed by atoms with Gasteiger partial charge < -0.3 is 35.0 Å². The van der Waals surface area contributed by atoms with Crippen molar-refractivity contribution < 1.29 is 24.2 Å². The Balaban J connectivity index is 0.000000241. The number of hydrogen-bond donors (Lipinski definition) is 3. The molecule has 3 aliphatic rings. The van der Waals surface area contributed by atoms with Crippen LogP contribution in [0.5, 0.6) is 0 Å². The zero-order chi connectivity index (χ0) is 61.8. The van der Waals surface area contributed by atoms with E-state index in [1.54, 1.807) is 11.0 Å². The molecule has 0 bridgehead atoms. The molecular weight excluding hydrogens is 1500 g/mol. The lowest BCUT2D eigenvalue weighted by molar-refractivity contribution is 0.0118. The minimum absolute atomic E-state index is 0.155. The fourth-order valence-corrected chi connectivity index (χ4v) is 10.5. The number of amides is 2. The van der Waals surface area contributed by atoms with Crippen molar-refractivity contribution in [1.29, 1.82) is 5.26 Å². The molecule has 9 rings (SSSR count). The van der Waals surface area contributed by atoms with Crippen LogP contribution in [0.3, 0.4) is 0 Å². The molecule has 0 aromatic heterocycles. The van der Waals surface area contributed by atoms with E-state index in [9.17, 15) is 14.7 Å². The van der Waals surface area contributed by atoms with E-state index < -0.39 is 11.7 Å². The number of carbonyl (C=O) groups excluding carboxylic acids is 2. The molecule has 0 saturated carbocycles. The van der Waals surface area contributed by atoms with Gasteiger partial charge in [-0.3, -0.25) is 9.80 Å². The second-order valence-corrected chi connectivity index (χ2v) is 27.7. The van der Waals surface area contributed by atoms with Crippen molar-refractivity contribution in [2.45, 2.75) is 77.9 Å². The van der Waals surface area contributed by atoms with Crippen LogP contribution < -0.4 is 10.6 Å². The van der Waals surface area contributed by atoms with E-state index in [4.69, 9.17) is 37.9 Å². The quantitative estimate of drug-likeness (QED) is 0.127. The first-order valence-corrected chi connectivity index (χ1v) is 33.3. The molecule has 12 nitrogen and oxygen atoms in total. The Morgan fingerprint density at radius 2 is 0.679 bits per heavy atom. The van der Waals surface area contributed by atoms with Gasteiger partial charge in [0.25, 0.3) is 0 Å². The Labute approximate surface area is 559 Å². The van der Waals surface area contributed by atoms with E-state index in [2.05, 4.69) is 213 Å². The monoisotopic (exact) mass is 1570 g/mol. The Hall–Kier alpha value is -3.39. The van der Waals surface area contributed by atoms with Gasteiger partial charge in [-0.1, -0.05) is 168 Å². The van der Waals surface area contributed by atoms with Gasteiger partial charge in [0.1, 0.15) is 17.3 Å². The largest absolute Gasteiger partial charge is 0.444 e. The molecular formula is C64H77Br6Cl2N7O5. The normalized spacial score (nSPS) is 14.5. The number of carbonyl (C=O) groups is 2. The second kappa shape index (κ2) is 38.1. The zero-order valence-corrected chi connectivity index (χ0v) is 59.6. The number of nitriles is 1. The van der Waals surface area contributed by atoms with Crippen molar-refractivity contribution in [3.63, 3.8) is 0 Å². The van der Waals surface area contributed by atoms with Crippen molar-refractivity contribution in [3.8, 4) is 6.07 Å². The number of alkyl halides is 2. The predicted molar refractivity (Wildman–Crippen MR) is 365 cm³/mol. The molecule has 3 saturated heterocycles. The first-order chi connectivity index (χ1) is 39.9. The summed E-state index contributed by atoms with van der Waals surface area (Å²) in [6.07, 6.45) is -0.994. The van der Waals surface area contributed by atoms with Gasteiger partial charge in [-0.15, -0.1) is 23.2 Å². The summed E-state index contributed by atoms with van der Waals surface area (Å²) in [5.41, 5.74) is 6.13.